The van der Waals surface area contributed by atoms with E-state index in [1.54, 1.807) is 20.8 Å². The minimum absolute atomic E-state index is 0.0139. The lowest BCUT2D eigenvalue weighted by molar-refractivity contribution is -0.173. The number of hydroxylamine groups is 2. The van der Waals surface area contributed by atoms with Gasteiger partial charge < -0.3 is 19.6 Å². The van der Waals surface area contributed by atoms with Crippen molar-refractivity contribution in [2.24, 2.45) is 5.92 Å². The van der Waals surface area contributed by atoms with Crippen LogP contribution >= 0.6 is 0 Å². The highest BCUT2D eigenvalue weighted by Gasteiger charge is 2.31. The highest BCUT2D eigenvalue weighted by atomic mass is 16.8. The van der Waals surface area contributed by atoms with Crippen LogP contribution in [0.4, 0.5) is 4.79 Å². The molecule has 0 aliphatic carbocycles. The zero-order chi connectivity index (χ0) is 16.7. The van der Waals surface area contributed by atoms with Crippen LogP contribution in [0.15, 0.2) is 0 Å². The molecule has 0 radical (unpaired) electrons. The lowest BCUT2D eigenvalue weighted by Crippen LogP contribution is -2.51. The summed E-state index contributed by atoms with van der Waals surface area (Å²) in [4.78, 5) is 40.0. The molecular formula is C12H21N3O6. The fourth-order valence-corrected chi connectivity index (χ4v) is 1.04. The van der Waals surface area contributed by atoms with Gasteiger partial charge in [0, 0.05) is 7.05 Å². The molecule has 0 heterocycles. The zero-order valence-corrected chi connectivity index (χ0v) is 12.7. The maximum atomic E-state index is 11.8. The topological polar surface area (TPSA) is 120 Å². The molecule has 9 heteroatoms. The first-order valence-electron chi connectivity index (χ1n) is 6.36. The Morgan fingerprint density at radius 1 is 1.24 bits per heavy atom. The average molecular weight is 303 g/mol. The molecule has 0 aromatic heterocycles. The van der Waals surface area contributed by atoms with Gasteiger partial charge in [-0.15, -0.1) is 0 Å². The first-order chi connectivity index (χ1) is 9.63. The number of guanidine groups is 1. The smallest absolute Gasteiger partial charge is 0.451 e. The molecule has 1 atom stereocenters. The molecule has 0 bridgehead atoms. The van der Waals surface area contributed by atoms with E-state index in [1.807, 2.05) is 0 Å². The Labute approximate surface area is 122 Å². The van der Waals surface area contributed by atoms with Crippen molar-refractivity contribution < 1.29 is 29.1 Å². The van der Waals surface area contributed by atoms with Crippen molar-refractivity contribution in [1.82, 2.24) is 9.96 Å². The lowest BCUT2D eigenvalue weighted by atomic mass is 10.2. The maximum absolute atomic E-state index is 11.8. The number of likely N-dealkylation sites (N-methyl/N-ethyl adjacent to an activating group) is 1. The predicted molar refractivity (Wildman–Crippen MR) is 72.4 cm³/mol. The van der Waals surface area contributed by atoms with Gasteiger partial charge in [-0.3, -0.25) is 5.41 Å². The Hall–Kier alpha value is -2.32. The SMILES string of the molecule is CCOC(=O)N(OC(=O)C(C)C)C(=N)N(C)C(C)C(=O)O. The summed E-state index contributed by atoms with van der Waals surface area (Å²) < 4.78 is 4.69. The van der Waals surface area contributed by atoms with Crippen LogP contribution in [-0.4, -0.2) is 58.8 Å². The van der Waals surface area contributed by atoms with E-state index in [4.69, 9.17) is 20.1 Å². The molecule has 0 rings (SSSR count). The van der Waals surface area contributed by atoms with E-state index in [1.165, 1.54) is 14.0 Å². The minimum Gasteiger partial charge on any atom is -0.480 e. The number of carbonyl (C=O) groups is 3. The van der Waals surface area contributed by atoms with Gasteiger partial charge in [0.2, 0.25) is 5.96 Å². The van der Waals surface area contributed by atoms with Crippen molar-refractivity contribution >= 4 is 24.0 Å². The summed E-state index contributed by atoms with van der Waals surface area (Å²) >= 11 is 0. The Morgan fingerprint density at radius 3 is 2.14 bits per heavy atom. The predicted octanol–water partition coefficient (Wildman–Crippen LogP) is 0.899. The summed E-state index contributed by atoms with van der Waals surface area (Å²) in [7, 11) is 1.29. The second-order valence-electron chi connectivity index (χ2n) is 4.51. The van der Waals surface area contributed by atoms with E-state index in [9.17, 15) is 14.4 Å². The molecule has 1 amide bonds. The molecule has 0 spiro atoms. The number of carbonyl (C=O) groups excluding carboxylic acids is 2. The van der Waals surface area contributed by atoms with Crippen LogP contribution in [0.5, 0.6) is 0 Å². The molecular weight excluding hydrogens is 282 g/mol. The number of aliphatic carboxylic acids is 1. The summed E-state index contributed by atoms with van der Waals surface area (Å²) in [6.45, 7) is 6.00. The summed E-state index contributed by atoms with van der Waals surface area (Å²) in [5.41, 5.74) is 0. The fourth-order valence-electron chi connectivity index (χ4n) is 1.04. The molecule has 0 aromatic carbocycles. The van der Waals surface area contributed by atoms with E-state index in [0.717, 1.165) is 4.90 Å². The number of hydrogen-bond donors (Lipinski definition) is 2. The molecule has 0 saturated heterocycles. The van der Waals surface area contributed by atoms with Gasteiger partial charge in [-0.1, -0.05) is 18.9 Å². The first-order valence-corrected chi connectivity index (χ1v) is 6.36. The van der Waals surface area contributed by atoms with Gasteiger partial charge in [0.15, 0.2) is 0 Å². The third-order valence-electron chi connectivity index (χ3n) is 2.55. The Morgan fingerprint density at radius 2 is 1.76 bits per heavy atom. The lowest BCUT2D eigenvalue weighted by Gasteiger charge is -2.29. The molecule has 0 saturated carbocycles. The molecule has 0 aliphatic rings. The van der Waals surface area contributed by atoms with Crippen LogP contribution in [0.2, 0.25) is 0 Å². The highest BCUT2D eigenvalue weighted by molar-refractivity contribution is 5.94. The van der Waals surface area contributed by atoms with Crippen LogP contribution in [0, 0.1) is 11.3 Å². The van der Waals surface area contributed by atoms with Crippen LogP contribution < -0.4 is 0 Å². The summed E-state index contributed by atoms with van der Waals surface area (Å²) in [6.07, 6.45) is -1.07. The van der Waals surface area contributed by atoms with E-state index in [2.05, 4.69) is 0 Å². The second kappa shape index (κ2) is 8.08. The van der Waals surface area contributed by atoms with Gasteiger partial charge in [0.25, 0.3) is 0 Å². The van der Waals surface area contributed by atoms with Crippen LogP contribution in [-0.2, 0) is 19.2 Å². The van der Waals surface area contributed by atoms with Crippen molar-refractivity contribution in [3.8, 4) is 0 Å². The first kappa shape index (κ1) is 18.7. The molecule has 21 heavy (non-hydrogen) atoms. The average Bonchev–Trinajstić information content (AvgIpc) is 2.41. The van der Waals surface area contributed by atoms with Crippen molar-refractivity contribution in [3.63, 3.8) is 0 Å². The molecule has 120 valence electrons. The van der Waals surface area contributed by atoms with Gasteiger partial charge in [-0.05, 0) is 13.8 Å². The molecule has 0 aromatic rings. The van der Waals surface area contributed by atoms with Crippen molar-refractivity contribution in [2.45, 2.75) is 33.7 Å². The third kappa shape index (κ3) is 5.28. The number of carboxylic acid groups (broad SMARTS) is 1. The molecule has 1 unspecified atom stereocenters. The number of ether oxygens (including phenoxy) is 1. The van der Waals surface area contributed by atoms with Crippen molar-refractivity contribution in [2.75, 3.05) is 13.7 Å². The van der Waals surface area contributed by atoms with Gasteiger partial charge in [0.05, 0.1) is 12.5 Å². The summed E-state index contributed by atoms with van der Waals surface area (Å²) in [5, 5.41) is 17.1. The summed E-state index contributed by atoms with van der Waals surface area (Å²) in [6, 6.07) is -1.09. The van der Waals surface area contributed by atoms with E-state index >= 15 is 0 Å². The van der Waals surface area contributed by atoms with Crippen LogP contribution in [0.25, 0.3) is 0 Å². The fraction of sp³-hybridized carbons (Fsp3) is 0.667. The maximum Gasteiger partial charge on any atom is 0.451 e. The number of hydrogen-bond acceptors (Lipinski definition) is 6. The van der Waals surface area contributed by atoms with Gasteiger partial charge >= 0.3 is 18.0 Å². The molecule has 9 nitrogen and oxygen atoms in total. The number of amides is 1. The largest absolute Gasteiger partial charge is 0.480 e. The molecule has 2 N–H and O–H groups in total. The monoisotopic (exact) mass is 303 g/mol. The van der Waals surface area contributed by atoms with E-state index in [0.29, 0.717) is 5.06 Å². The van der Waals surface area contributed by atoms with E-state index in [-0.39, 0.29) is 6.61 Å². The third-order valence-corrected chi connectivity index (χ3v) is 2.55. The minimum atomic E-state index is -1.19. The molecule has 0 aliphatic heterocycles. The second-order valence-corrected chi connectivity index (χ2v) is 4.51. The number of nitrogens with zero attached hydrogens (tertiary/aromatic N) is 2. The Kier molecular flexibility index (Phi) is 7.18. The molecule has 0 fully saturated rings. The van der Waals surface area contributed by atoms with Gasteiger partial charge in [0.1, 0.15) is 6.04 Å². The van der Waals surface area contributed by atoms with Crippen molar-refractivity contribution in [3.05, 3.63) is 0 Å². The zero-order valence-electron chi connectivity index (χ0n) is 12.7. The number of carboxylic acids is 1. The normalized spacial score (nSPS) is 11.5. The highest BCUT2D eigenvalue weighted by Crippen LogP contribution is 2.08. The summed E-state index contributed by atoms with van der Waals surface area (Å²) in [5.74, 6) is -3.08. The van der Waals surface area contributed by atoms with E-state index < -0.39 is 36.0 Å². The standard InChI is InChI=1S/C12H21N3O6/c1-6-20-12(19)15(21-10(18)7(2)3)11(13)14(5)8(4)9(16)17/h7-8,13H,6H2,1-5H3,(H,16,17). The Balaban J connectivity index is 5.19. The van der Waals surface area contributed by atoms with Crippen LogP contribution in [0.3, 0.4) is 0 Å². The quantitative estimate of drug-likeness (QED) is 0.449. The Bertz CT molecular complexity index is 423. The van der Waals surface area contributed by atoms with Gasteiger partial charge in [-0.2, -0.15) is 0 Å². The van der Waals surface area contributed by atoms with Crippen LogP contribution in [0.1, 0.15) is 27.7 Å². The number of nitrogens with one attached hydrogen (secondary N) is 1. The number of rotatable bonds is 4. The van der Waals surface area contributed by atoms with Gasteiger partial charge in [-0.25, -0.2) is 14.4 Å². The van der Waals surface area contributed by atoms with Crippen molar-refractivity contribution in [1.29, 1.82) is 5.41 Å².